The Hall–Kier alpha value is -1.68. The summed E-state index contributed by atoms with van der Waals surface area (Å²) in [6.07, 6.45) is -6.13. The van der Waals surface area contributed by atoms with Crippen molar-refractivity contribution in [2.45, 2.75) is 44.5 Å². The quantitative estimate of drug-likeness (QED) is 0.850. The van der Waals surface area contributed by atoms with Crippen LogP contribution in [0.5, 0.6) is 0 Å². The van der Waals surface area contributed by atoms with Crippen molar-refractivity contribution in [2.24, 2.45) is 5.92 Å². The minimum atomic E-state index is -5.08. The molecule has 2 N–H and O–H groups in total. The fourth-order valence-electron chi connectivity index (χ4n) is 2.78. The summed E-state index contributed by atoms with van der Waals surface area (Å²) >= 11 is 0.628. The summed E-state index contributed by atoms with van der Waals surface area (Å²) < 4.78 is 40.2. The van der Waals surface area contributed by atoms with Crippen LogP contribution in [0.4, 0.5) is 13.2 Å². The summed E-state index contributed by atoms with van der Waals surface area (Å²) in [6.45, 7) is 3.00. The second-order valence-electron chi connectivity index (χ2n) is 5.89. The van der Waals surface area contributed by atoms with Gasteiger partial charge in [0.05, 0.1) is 12.3 Å². The van der Waals surface area contributed by atoms with E-state index in [4.69, 9.17) is 5.11 Å². The summed E-state index contributed by atoms with van der Waals surface area (Å²) in [4.78, 5) is 28.1. The van der Waals surface area contributed by atoms with E-state index in [0.29, 0.717) is 17.0 Å². The highest BCUT2D eigenvalue weighted by molar-refractivity contribution is 7.09. The van der Waals surface area contributed by atoms with Crippen LogP contribution < -0.4 is 0 Å². The van der Waals surface area contributed by atoms with Crippen molar-refractivity contribution < 1.29 is 33.0 Å². The molecule has 1 aliphatic rings. The zero-order valence-electron chi connectivity index (χ0n) is 13.0. The predicted molar refractivity (Wildman–Crippen MR) is 78.3 cm³/mol. The lowest BCUT2D eigenvalue weighted by Gasteiger charge is -2.31. The van der Waals surface area contributed by atoms with Crippen LogP contribution in [0.1, 0.15) is 30.5 Å². The number of likely N-dealkylation sites (tertiary alicyclic amines) is 1. The van der Waals surface area contributed by atoms with Crippen molar-refractivity contribution in [3.05, 3.63) is 16.1 Å². The number of aliphatic carboxylic acids is 1. The van der Waals surface area contributed by atoms with Gasteiger partial charge in [-0.3, -0.25) is 9.59 Å². The fraction of sp³-hybridized carbons (Fsp3) is 0.643. The van der Waals surface area contributed by atoms with Crippen molar-refractivity contribution in [1.29, 1.82) is 0 Å². The van der Waals surface area contributed by atoms with E-state index in [9.17, 15) is 27.9 Å². The maximum atomic E-state index is 13.4. The van der Waals surface area contributed by atoms with E-state index in [0.717, 1.165) is 4.90 Å². The lowest BCUT2D eigenvalue weighted by molar-refractivity contribution is -0.268. The van der Waals surface area contributed by atoms with E-state index in [2.05, 4.69) is 4.98 Å². The van der Waals surface area contributed by atoms with Gasteiger partial charge in [-0.2, -0.15) is 13.2 Å². The molecule has 3 unspecified atom stereocenters. The second kappa shape index (κ2) is 6.32. The maximum Gasteiger partial charge on any atom is 0.424 e. The highest BCUT2D eigenvalue weighted by atomic mass is 32.1. The molecule has 1 aliphatic heterocycles. The third kappa shape index (κ3) is 3.25. The van der Waals surface area contributed by atoms with Gasteiger partial charge in [0.2, 0.25) is 11.5 Å². The molecule has 134 valence electrons. The summed E-state index contributed by atoms with van der Waals surface area (Å²) in [5.74, 6) is -2.87. The molecule has 1 saturated heterocycles. The topological polar surface area (TPSA) is 90.7 Å². The van der Waals surface area contributed by atoms with Crippen molar-refractivity contribution in [3.63, 3.8) is 0 Å². The first-order valence-electron chi connectivity index (χ1n) is 7.21. The Morgan fingerprint density at radius 1 is 1.46 bits per heavy atom. The molecule has 0 aliphatic carbocycles. The number of nitrogens with zero attached hydrogens (tertiary/aromatic N) is 2. The van der Waals surface area contributed by atoms with Crippen molar-refractivity contribution >= 4 is 23.2 Å². The third-order valence-electron chi connectivity index (χ3n) is 4.24. The second-order valence-corrected chi connectivity index (χ2v) is 6.75. The average Bonchev–Trinajstić information content (AvgIpc) is 3.03. The molecule has 1 aromatic heterocycles. The Bertz CT molecular complexity index is 648. The van der Waals surface area contributed by atoms with Gasteiger partial charge >= 0.3 is 12.1 Å². The van der Waals surface area contributed by atoms with Crippen LogP contribution in [-0.2, 0) is 15.2 Å². The first-order valence-corrected chi connectivity index (χ1v) is 8.09. The molecule has 0 radical (unpaired) electrons. The minimum Gasteiger partial charge on any atom is -0.481 e. The van der Waals surface area contributed by atoms with Gasteiger partial charge < -0.3 is 15.1 Å². The lowest BCUT2D eigenvalue weighted by atomic mass is 9.98. The smallest absolute Gasteiger partial charge is 0.424 e. The number of alkyl halides is 3. The normalized spacial score (nSPS) is 24.0. The van der Waals surface area contributed by atoms with Crippen LogP contribution in [0.25, 0.3) is 0 Å². The zero-order valence-corrected chi connectivity index (χ0v) is 13.8. The van der Waals surface area contributed by atoms with Gasteiger partial charge in [0.25, 0.3) is 0 Å². The molecule has 0 aromatic carbocycles. The summed E-state index contributed by atoms with van der Waals surface area (Å²) in [6, 6.07) is -0.731. The first kappa shape index (κ1) is 18.7. The van der Waals surface area contributed by atoms with Crippen molar-refractivity contribution in [1.82, 2.24) is 9.88 Å². The molecule has 1 amide bonds. The number of aliphatic hydroxyl groups is 1. The summed E-state index contributed by atoms with van der Waals surface area (Å²) in [5.41, 5.74) is -3.07. The zero-order chi connectivity index (χ0) is 18.3. The van der Waals surface area contributed by atoms with E-state index in [1.165, 1.54) is 19.2 Å². The lowest BCUT2D eigenvalue weighted by Crippen LogP contribution is -2.48. The largest absolute Gasteiger partial charge is 0.481 e. The number of amides is 1. The van der Waals surface area contributed by atoms with Gasteiger partial charge in [-0.05, 0) is 20.3 Å². The fourth-order valence-corrected chi connectivity index (χ4v) is 3.70. The van der Waals surface area contributed by atoms with Crippen LogP contribution >= 0.6 is 11.3 Å². The highest BCUT2D eigenvalue weighted by Gasteiger charge is 2.59. The molecule has 0 bridgehead atoms. The number of carboxylic acids is 1. The number of carboxylic acid groups (broad SMARTS) is 1. The highest BCUT2D eigenvalue weighted by Crippen LogP contribution is 2.43. The molecular formula is C14H17F3N2O4S. The van der Waals surface area contributed by atoms with Gasteiger partial charge in [0.1, 0.15) is 5.01 Å². The SMILES string of the molecule is Cc1csc(C(O)(CC(=O)N2CCC(C(=O)O)C2C)C(F)(F)F)n1. The molecule has 24 heavy (non-hydrogen) atoms. The Balaban J connectivity index is 2.25. The predicted octanol–water partition coefficient (Wildman–Crippen LogP) is 1.91. The third-order valence-corrected chi connectivity index (χ3v) is 5.35. The molecule has 0 spiro atoms. The summed E-state index contributed by atoms with van der Waals surface area (Å²) in [7, 11) is 0. The van der Waals surface area contributed by atoms with Crippen molar-refractivity contribution in [3.8, 4) is 0 Å². The molecule has 0 saturated carbocycles. The number of carbonyl (C=O) groups excluding carboxylic acids is 1. The van der Waals surface area contributed by atoms with E-state index >= 15 is 0 Å². The van der Waals surface area contributed by atoms with E-state index < -0.39 is 47.0 Å². The van der Waals surface area contributed by atoms with Crippen LogP contribution in [-0.4, -0.2) is 50.7 Å². The number of aromatic nitrogens is 1. The average molecular weight is 366 g/mol. The molecule has 6 nitrogen and oxygen atoms in total. The molecule has 2 rings (SSSR count). The molecule has 2 heterocycles. The van der Waals surface area contributed by atoms with Gasteiger partial charge in [-0.15, -0.1) is 11.3 Å². The van der Waals surface area contributed by atoms with E-state index in [1.54, 1.807) is 0 Å². The van der Waals surface area contributed by atoms with Gasteiger partial charge in [-0.1, -0.05) is 0 Å². The van der Waals surface area contributed by atoms with Crippen LogP contribution in [0, 0.1) is 12.8 Å². The Morgan fingerprint density at radius 3 is 2.50 bits per heavy atom. The molecule has 3 atom stereocenters. The number of carbonyl (C=O) groups is 2. The molecule has 1 aromatic rings. The number of aryl methyl sites for hydroxylation is 1. The molecule has 1 fully saturated rings. The first-order chi connectivity index (χ1) is 11.0. The molecule has 10 heteroatoms. The van der Waals surface area contributed by atoms with Crippen molar-refractivity contribution in [2.75, 3.05) is 6.54 Å². The number of thiazole rings is 1. The number of hydrogen-bond donors (Lipinski definition) is 2. The van der Waals surface area contributed by atoms with Gasteiger partial charge in [-0.25, -0.2) is 4.98 Å². The standard InChI is InChI=1S/C14H17F3N2O4S/c1-7-6-24-12(18-7)13(23,14(15,16)17)5-10(20)19-4-3-9(8(19)2)11(21)22/h6,8-9,23H,3-5H2,1-2H3,(H,21,22). The Labute approximate surface area is 139 Å². The van der Waals surface area contributed by atoms with E-state index in [1.807, 2.05) is 0 Å². The monoisotopic (exact) mass is 366 g/mol. The number of hydrogen-bond acceptors (Lipinski definition) is 5. The van der Waals surface area contributed by atoms with Gasteiger partial charge in [0.15, 0.2) is 0 Å². The minimum absolute atomic E-state index is 0.0435. The maximum absolute atomic E-state index is 13.4. The van der Waals surface area contributed by atoms with Crippen LogP contribution in [0.15, 0.2) is 5.38 Å². The summed E-state index contributed by atoms with van der Waals surface area (Å²) in [5, 5.41) is 20.0. The number of halogens is 3. The Morgan fingerprint density at radius 2 is 2.08 bits per heavy atom. The van der Waals surface area contributed by atoms with Gasteiger partial charge in [0, 0.05) is 23.7 Å². The van der Waals surface area contributed by atoms with E-state index in [-0.39, 0.29) is 13.0 Å². The molecular weight excluding hydrogens is 349 g/mol. The van der Waals surface area contributed by atoms with Crippen LogP contribution in [0.2, 0.25) is 0 Å². The van der Waals surface area contributed by atoms with Crippen LogP contribution in [0.3, 0.4) is 0 Å². The number of rotatable bonds is 4. The Kier molecular flexibility index (Phi) is 4.91.